The van der Waals surface area contributed by atoms with Crippen LogP contribution in [0.1, 0.15) is 47.2 Å². The summed E-state index contributed by atoms with van der Waals surface area (Å²) in [6.07, 6.45) is 1.45. The maximum absolute atomic E-state index is 13.3. The summed E-state index contributed by atoms with van der Waals surface area (Å²) in [5.74, 6) is -0.249. The van der Waals surface area contributed by atoms with Gasteiger partial charge in [-0.1, -0.05) is 40.6 Å². The normalized spacial score (nSPS) is 18.7. The van der Waals surface area contributed by atoms with Crippen LogP contribution in [-0.2, 0) is 11.3 Å². The van der Waals surface area contributed by atoms with Gasteiger partial charge in [0.1, 0.15) is 17.1 Å². The Bertz CT molecular complexity index is 1090. The van der Waals surface area contributed by atoms with Gasteiger partial charge in [0.05, 0.1) is 17.7 Å². The van der Waals surface area contributed by atoms with Gasteiger partial charge in [-0.2, -0.15) is 5.10 Å². The van der Waals surface area contributed by atoms with Gasteiger partial charge in [0.15, 0.2) is 0 Å². The van der Waals surface area contributed by atoms with Crippen LogP contribution in [0.3, 0.4) is 0 Å². The zero-order chi connectivity index (χ0) is 22.0. The Morgan fingerprint density at radius 3 is 2.71 bits per heavy atom. The fourth-order valence-corrected chi connectivity index (χ4v) is 4.03. The van der Waals surface area contributed by atoms with E-state index in [-0.39, 0.29) is 18.4 Å². The van der Waals surface area contributed by atoms with Gasteiger partial charge in [-0.3, -0.25) is 14.7 Å². The molecule has 3 aromatic rings. The Morgan fingerprint density at radius 1 is 1.23 bits per heavy atom. The summed E-state index contributed by atoms with van der Waals surface area (Å²) >= 11 is 0. The molecule has 3 heterocycles. The van der Waals surface area contributed by atoms with E-state index in [2.05, 4.69) is 30.5 Å². The molecule has 1 aliphatic heterocycles. The Labute approximate surface area is 180 Å². The first-order valence-corrected chi connectivity index (χ1v) is 10.3. The van der Waals surface area contributed by atoms with Crippen LogP contribution in [0.25, 0.3) is 11.3 Å². The number of nitrogens with zero attached hydrogens (tertiary/aromatic N) is 4. The third-order valence-corrected chi connectivity index (χ3v) is 5.97. The summed E-state index contributed by atoms with van der Waals surface area (Å²) in [4.78, 5) is 27.9. The number of nitrogens with one attached hydrogen (secondary N) is 2. The van der Waals surface area contributed by atoms with Crippen molar-refractivity contribution in [2.45, 2.75) is 40.2 Å². The van der Waals surface area contributed by atoms with E-state index in [9.17, 15) is 9.59 Å². The highest BCUT2D eigenvalue weighted by atomic mass is 16.6. The van der Waals surface area contributed by atoms with Crippen molar-refractivity contribution in [2.24, 2.45) is 5.41 Å². The SMILES string of the molecule is Cc1nonc1CNC(=O)C1(C)CCCN(C(=O)c2[nH]nc(-c3ccccc3)c2C)C1. The highest BCUT2D eigenvalue weighted by Crippen LogP contribution is 2.31. The molecule has 0 saturated carbocycles. The first-order chi connectivity index (χ1) is 14.9. The molecule has 9 heteroatoms. The highest BCUT2D eigenvalue weighted by Gasteiger charge is 2.40. The first-order valence-electron chi connectivity index (χ1n) is 10.3. The van der Waals surface area contributed by atoms with Crippen molar-refractivity contribution < 1.29 is 14.2 Å². The zero-order valence-electron chi connectivity index (χ0n) is 17.9. The van der Waals surface area contributed by atoms with Gasteiger partial charge in [-0.05, 0) is 33.6 Å². The van der Waals surface area contributed by atoms with Crippen LogP contribution in [0, 0.1) is 19.3 Å². The summed E-state index contributed by atoms with van der Waals surface area (Å²) in [7, 11) is 0. The van der Waals surface area contributed by atoms with Gasteiger partial charge in [-0.25, -0.2) is 4.63 Å². The zero-order valence-corrected chi connectivity index (χ0v) is 17.9. The molecular weight excluding hydrogens is 396 g/mol. The number of aryl methyl sites for hydroxylation is 1. The topological polar surface area (TPSA) is 117 Å². The van der Waals surface area contributed by atoms with Crippen LogP contribution < -0.4 is 5.32 Å². The standard InChI is InChI=1S/C22H26N6O3/c1-14-18(16-8-5-4-6-9-16)24-25-19(14)20(29)28-11-7-10-22(3,13-28)21(30)23-12-17-15(2)26-31-27-17/h4-6,8-9H,7,10-13H2,1-3H3,(H,23,30)(H,24,25). The minimum atomic E-state index is -0.685. The molecule has 1 saturated heterocycles. The molecule has 0 aliphatic carbocycles. The minimum Gasteiger partial charge on any atom is -0.350 e. The van der Waals surface area contributed by atoms with Crippen molar-refractivity contribution in [3.05, 3.63) is 53.0 Å². The van der Waals surface area contributed by atoms with E-state index in [1.54, 1.807) is 11.8 Å². The lowest BCUT2D eigenvalue weighted by atomic mass is 9.80. The molecule has 2 aromatic heterocycles. The minimum absolute atomic E-state index is 0.112. The molecule has 1 aliphatic rings. The number of aromatic nitrogens is 4. The number of carbonyl (C=O) groups is 2. The van der Waals surface area contributed by atoms with E-state index >= 15 is 0 Å². The lowest BCUT2D eigenvalue weighted by Gasteiger charge is -2.39. The van der Waals surface area contributed by atoms with Crippen LogP contribution in [-0.4, -0.2) is 50.3 Å². The van der Waals surface area contributed by atoms with Crippen LogP contribution in [0.5, 0.6) is 0 Å². The largest absolute Gasteiger partial charge is 0.350 e. The van der Waals surface area contributed by atoms with E-state index in [0.29, 0.717) is 36.6 Å². The number of hydrogen-bond donors (Lipinski definition) is 2. The van der Waals surface area contributed by atoms with E-state index in [4.69, 9.17) is 0 Å². The molecule has 31 heavy (non-hydrogen) atoms. The van der Waals surface area contributed by atoms with Gasteiger partial charge in [0.2, 0.25) is 5.91 Å². The van der Waals surface area contributed by atoms with Gasteiger partial charge >= 0.3 is 0 Å². The quantitative estimate of drug-likeness (QED) is 0.653. The average molecular weight is 422 g/mol. The number of H-pyrrole nitrogens is 1. The monoisotopic (exact) mass is 422 g/mol. The molecular formula is C22H26N6O3. The third kappa shape index (κ3) is 4.08. The van der Waals surface area contributed by atoms with Gasteiger partial charge in [0.25, 0.3) is 5.91 Å². The molecule has 4 rings (SSSR count). The second kappa shape index (κ2) is 8.33. The highest BCUT2D eigenvalue weighted by molar-refractivity contribution is 5.96. The summed E-state index contributed by atoms with van der Waals surface area (Å²) in [6.45, 7) is 6.75. The number of benzene rings is 1. The fourth-order valence-electron chi connectivity index (χ4n) is 4.03. The molecule has 1 unspecified atom stereocenters. The van der Waals surface area contributed by atoms with Crippen molar-refractivity contribution in [1.29, 1.82) is 0 Å². The third-order valence-electron chi connectivity index (χ3n) is 5.97. The maximum atomic E-state index is 13.3. The number of amides is 2. The Balaban J connectivity index is 1.47. The first kappa shape index (κ1) is 20.8. The lowest BCUT2D eigenvalue weighted by molar-refractivity contribution is -0.132. The number of likely N-dealkylation sites (tertiary alicyclic amines) is 1. The Hall–Kier alpha value is -3.49. The second-order valence-electron chi connectivity index (χ2n) is 8.31. The number of piperidine rings is 1. The molecule has 2 amide bonds. The maximum Gasteiger partial charge on any atom is 0.272 e. The smallest absolute Gasteiger partial charge is 0.272 e. The van der Waals surface area contributed by atoms with Gasteiger partial charge in [-0.15, -0.1) is 0 Å². The van der Waals surface area contributed by atoms with Crippen molar-refractivity contribution in [1.82, 2.24) is 30.7 Å². The van der Waals surface area contributed by atoms with Crippen LogP contribution in [0.15, 0.2) is 35.0 Å². The molecule has 1 fully saturated rings. The molecule has 2 N–H and O–H groups in total. The second-order valence-corrected chi connectivity index (χ2v) is 8.31. The molecule has 0 radical (unpaired) electrons. The summed E-state index contributed by atoms with van der Waals surface area (Å²) in [5, 5.41) is 17.7. The summed E-state index contributed by atoms with van der Waals surface area (Å²) < 4.78 is 4.68. The van der Waals surface area contributed by atoms with Crippen molar-refractivity contribution in [2.75, 3.05) is 13.1 Å². The van der Waals surface area contributed by atoms with E-state index < -0.39 is 5.41 Å². The molecule has 9 nitrogen and oxygen atoms in total. The number of aromatic amines is 1. The van der Waals surface area contributed by atoms with Crippen molar-refractivity contribution in [3.8, 4) is 11.3 Å². The van der Waals surface area contributed by atoms with E-state index in [1.807, 2.05) is 44.2 Å². The molecule has 1 aromatic carbocycles. The van der Waals surface area contributed by atoms with Crippen LogP contribution in [0.4, 0.5) is 0 Å². The number of rotatable bonds is 5. The van der Waals surface area contributed by atoms with E-state index in [1.165, 1.54) is 0 Å². The average Bonchev–Trinajstić information content (AvgIpc) is 3.37. The summed E-state index contributed by atoms with van der Waals surface area (Å²) in [5.41, 5.74) is 3.55. The fraction of sp³-hybridized carbons (Fsp3) is 0.409. The van der Waals surface area contributed by atoms with Crippen molar-refractivity contribution in [3.63, 3.8) is 0 Å². The van der Waals surface area contributed by atoms with Crippen LogP contribution in [0.2, 0.25) is 0 Å². The molecule has 162 valence electrons. The molecule has 1 atom stereocenters. The van der Waals surface area contributed by atoms with Gasteiger partial charge in [0, 0.05) is 24.2 Å². The Morgan fingerprint density at radius 2 is 2.00 bits per heavy atom. The molecule has 0 spiro atoms. The van der Waals surface area contributed by atoms with E-state index in [0.717, 1.165) is 23.2 Å². The number of hydrogen-bond acceptors (Lipinski definition) is 6. The predicted octanol–water partition coefficient (Wildman–Crippen LogP) is 2.64. The number of carbonyl (C=O) groups excluding carboxylic acids is 2. The Kier molecular flexibility index (Phi) is 5.58. The summed E-state index contributed by atoms with van der Waals surface area (Å²) in [6, 6.07) is 9.75. The van der Waals surface area contributed by atoms with Crippen molar-refractivity contribution >= 4 is 11.8 Å². The lowest BCUT2D eigenvalue weighted by Crippen LogP contribution is -2.52. The van der Waals surface area contributed by atoms with Gasteiger partial charge < -0.3 is 10.2 Å². The molecule has 0 bridgehead atoms. The predicted molar refractivity (Wildman–Crippen MR) is 113 cm³/mol. The van der Waals surface area contributed by atoms with Crippen LogP contribution >= 0.6 is 0 Å².